The summed E-state index contributed by atoms with van der Waals surface area (Å²) in [6, 6.07) is 3.50. The van der Waals surface area contributed by atoms with Gasteiger partial charge in [-0.2, -0.15) is 4.31 Å². The van der Waals surface area contributed by atoms with Crippen LogP contribution in [0.3, 0.4) is 0 Å². The van der Waals surface area contributed by atoms with Gasteiger partial charge in [-0.1, -0.05) is 15.9 Å². The first-order valence-corrected chi connectivity index (χ1v) is 9.38. The summed E-state index contributed by atoms with van der Waals surface area (Å²) in [6.07, 6.45) is 0. The van der Waals surface area contributed by atoms with Crippen LogP contribution in [-0.2, 0) is 10.0 Å². The number of halogens is 2. The minimum Gasteiger partial charge on any atom is -0.314 e. The number of aryl methyl sites for hydroxylation is 1. The first kappa shape index (κ1) is 16.4. The largest absolute Gasteiger partial charge is 0.314 e. The van der Waals surface area contributed by atoms with Gasteiger partial charge in [0.2, 0.25) is 10.0 Å². The second-order valence-corrected chi connectivity index (χ2v) is 9.14. The van der Waals surface area contributed by atoms with Gasteiger partial charge in [0.1, 0.15) is 0 Å². The highest BCUT2D eigenvalue weighted by atomic mass is 79.9. The van der Waals surface area contributed by atoms with Crippen molar-refractivity contribution in [3.8, 4) is 0 Å². The van der Waals surface area contributed by atoms with Crippen molar-refractivity contribution in [3.05, 3.63) is 26.6 Å². The van der Waals surface area contributed by atoms with E-state index < -0.39 is 15.6 Å². The summed E-state index contributed by atoms with van der Waals surface area (Å²) in [5.41, 5.74) is 0.559. The van der Waals surface area contributed by atoms with Crippen LogP contribution in [0.2, 0.25) is 0 Å². The van der Waals surface area contributed by atoms with Crippen molar-refractivity contribution in [2.45, 2.75) is 31.2 Å². The van der Waals surface area contributed by atoms with E-state index >= 15 is 0 Å². The van der Waals surface area contributed by atoms with E-state index in [1.54, 1.807) is 10.4 Å². The third kappa shape index (κ3) is 2.97. The van der Waals surface area contributed by atoms with Gasteiger partial charge in [-0.15, -0.1) is 0 Å². The Morgan fingerprint density at radius 3 is 2.50 bits per heavy atom. The van der Waals surface area contributed by atoms with Gasteiger partial charge in [-0.05, 0) is 54.4 Å². The molecule has 1 aromatic carbocycles. The van der Waals surface area contributed by atoms with Gasteiger partial charge >= 0.3 is 0 Å². The number of nitrogens with zero attached hydrogens (tertiary/aromatic N) is 1. The lowest BCUT2D eigenvalue weighted by Crippen LogP contribution is -2.59. The Kier molecular flexibility index (Phi) is 4.67. The number of piperazine rings is 1. The Balaban J connectivity index is 2.53. The van der Waals surface area contributed by atoms with E-state index in [2.05, 4.69) is 37.2 Å². The van der Waals surface area contributed by atoms with E-state index in [9.17, 15) is 8.42 Å². The summed E-state index contributed by atoms with van der Waals surface area (Å²) in [5.74, 6) is 0. The molecule has 2 rings (SSSR count). The molecule has 20 heavy (non-hydrogen) atoms. The van der Waals surface area contributed by atoms with E-state index in [1.807, 2.05) is 26.8 Å². The fraction of sp³-hybridized carbons (Fsp3) is 0.538. The molecule has 1 heterocycles. The molecule has 1 fully saturated rings. The van der Waals surface area contributed by atoms with Crippen LogP contribution in [-0.4, -0.2) is 37.9 Å². The fourth-order valence-corrected chi connectivity index (χ4v) is 5.78. The number of hydrogen-bond acceptors (Lipinski definition) is 3. The first-order chi connectivity index (χ1) is 9.16. The number of benzene rings is 1. The predicted octanol–water partition coefficient (Wildman–Crippen LogP) is 2.89. The van der Waals surface area contributed by atoms with Gasteiger partial charge in [0.05, 0.1) is 4.90 Å². The smallest absolute Gasteiger partial charge is 0.244 e. The molecule has 1 aliphatic rings. The maximum Gasteiger partial charge on any atom is 0.244 e. The number of nitrogens with one attached hydrogen (secondary N) is 1. The van der Waals surface area contributed by atoms with E-state index in [0.29, 0.717) is 29.0 Å². The van der Waals surface area contributed by atoms with Gasteiger partial charge in [0.15, 0.2) is 0 Å². The molecular weight excluding hydrogens is 408 g/mol. The summed E-state index contributed by atoms with van der Waals surface area (Å²) in [6.45, 7) is 7.61. The second kappa shape index (κ2) is 5.68. The Morgan fingerprint density at radius 2 is 1.90 bits per heavy atom. The Hall–Kier alpha value is 0.0500. The quantitative estimate of drug-likeness (QED) is 0.792. The lowest BCUT2D eigenvalue weighted by atomic mass is 10.0. The summed E-state index contributed by atoms with van der Waals surface area (Å²) in [4.78, 5) is 0.310. The molecule has 0 atom stereocenters. The molecule has 0 bridgehead atoms. The SMILES string of the molecule is Cc1cc(Br)c(S(=O)(=O)N2CCNCC2(C)C)cc1Br. The zero-order chi connectivity index (χ0) is 15.1. The van der Waals surface area contributed by atoms with Crippen LogP contribution >= 0.6 is 31.9 Å². The van der Waals surface area contributed by atoms with Crippen LogP contribution in [0.4, 0.5) is 0 Å². The molecule has 0 aromatic heterocycles. The lowest BCUT2D eigenvalue weighted by Gasteiger charge is -2.41. The summed E-state index contributed by atoms with van der Waals surface area (Å²) < 4.78 is 28.9. The molecule has 0 saturated carbocycles. The lowest BCUT2D eigenvalue weighted by molar-refractivity contribution is 0.186. The fourth-order valence-electron chi connectivity index (χ4n) is 2.36. The number of rotatable bonds is 2. The molecule has 0 spiro atoms. The molecule has 0 unspecified atom stereocenters. The van der Waals surface area contributed by atoms with Gasteiger partial charge in [0.25, 0.3) is 0 Å². The van der Waals surface area contributed by atoms with Crippen LogP contribution in [0.25, 0.3) is 0 Å². The summed E-state index contributed by atoms with van der Waals surface area (Å²) in [7, 11) is -3.52. The van der Waals surface area contributed by atoms with Crippen LogP contribution in [0.1, 0.15) is 19.4 Å². The van der Waals surface area contributed by atoms with Gasteiger partial charge < -0.3 is 5.32 Å². The highest BCUT2D eigenvalue weighted by Crippen LogP contribution is 2.33. The second-order valence-electron chi connectivity index (χ2n) is 5.60. The third-order valence-corrected chi connectivity index (χ3v) is 7.43. The highest BCUT2D eigenvalue weighted by Gasteiger charge is 2.39. The molecule has 1 N–H and O–H groups in total. The molecule has 1 aliphatic heterocycles. The van der Waals surface area contributed by atoms with Crippen molar-refractivity contribution in [3.63, 3.8) is 0 Å². The highest BCUT2D eigenvalue weighted by molar-refractivity contribution is 9.11. The van der Waals surface area contributed by atoms with Crippen molar-refractivity contribution in [1.82, 2.24) is 9.62 Å². The Morgan fingerprint density at radius 1 is 1.25 bits per heavy atom. The van der Waals surface area contributed by atoms with Gasteiger partial charge in [-0.3, -0.25) is 0 Å². The van der Waals surface area contributed by atoms with Crippen LogP contribution < -0.4 is 5.32 Å². The Bertz CT molecular complexity index is 630. The zero-order valence-electron chi connectivity index (χ0n) is 11.7. The zero-order valence-corrected chi connectivity index (χ0v) is 15.7. The number of hydrogen-bond donors (Lipinski definition) is 1. The maximum absolute atomic E-state index is 12.9. The molecule has 0 aliphatic carbocycles. The van der Waals surface area contributed by atoms with Gasteiger partial charge in [-0.25, -0.2) is 8.42 Å². The van der Waals surface area contributed by atoms with Crippen molar-refractivity contribution in [1.29, 1.82) is 0 Å². The van der Waals surface area contributed by atoms with Crippen LogP contribution in [0.5, 0.6) is 0 Å². The molecule has 0 amide bonds. The molecular formula is C13H18Br2N2O2S. The first-order valence-electron chi connectivity index (χ1n) is 6.35. The topological polar surface area (TPSA) is 49.4 Å². The predicted molar refractivity (Wildman–Crippen MR) is 87.4 cm³/mol. The molecule has 0 radical (unpaired) electrons. The van der Waals surface area contributed by atoms with Crippen LogP contribution in [0, 0.1) is 6.92 Å². The summed E-state index contributed by atoms with van der Waals surface area (Å²) in [5, 5.41) is 3.24. The average Bonchev–Trinajstić information content (AvgIpc) is 2.32. The minimum atomic E-state index is -3.52. The molecule has 4 nitrogen and oxygen atoms in total. The third-order valence-electron chi connectivity index (χ3n) is 3.51. The van der Waals surface area contributed by atoms with Crippen molar-refractivity contribution >= 4 is 41.9 Å². The summed E-state index contributed by atoms with van der Waals surface area (Å²) >= 11 is 6.79. The normalized spacial score (nSPS) is 20.1. The molecule has 7 heteroatoms. The van der Waals surface area contributed by atoms with E-state index in [4.69, 9.17) is 0 Å². The van der Waals surface area contributed by atoms with E-state index in [1.165, 1.54) is 0 Å². The maximum atomic E-state index is 12.9. The van der Waals surface area contributed by atoms with Crippen molar-refractivity contribution in [2.75, 3.05) is 19.6 Å². The average molecular weight is 426 g/mol. The molecule has 1 aromatic rings. The van der Waals surface area contributed by atoms with Crippen LogP contribution in [0.15, 0.2) is 26.0 Å². The van der Waals surface area contributed by atoms with Gasteiger partial charge in [0, 0.05) is 34.1 Å². The number of sulfonamides is 1. The van der Waals surface area contributed by atoms with E-state index in [-0.39, 0.29) is 0 Å². The monoisotopic (exact) mass is 424 g/mol. The Labute approximate surface area is 137 Å². The molecule has 1 saturated heterocycles. The van der Waals surface area contributed by atoms with Crippen molar-refractivity contribution in [2.24, 2.45) is 0 Å². The van der Waals surface area contributed by atoms with Crippen molar-refractivity contribution < 1.29 is 8.42 Å². The standard InChI is InChI=1S/C13H18Br2N2O2S/c1-9-6-11(15)12(7-10(9)14)20(18,19)17-5-4-16-8-13(17,2)3/h6-7,16H,4-5,8H2,1-3H3. The van der Waals surface area contributed by atoms with E-state index in [0.717, 1.165) is 10.0 Å². The molecule has 112 valence electrons. The minimum absolute atomic E-state index is 0.310.